The first-order chi connectivity index (χ1) is 25.8. The van der Waals surface area contributed by atoms with Gasteiger partial charge in [-0.05, 0) is 90.0 Å². The third-order valence-corrected chi connectivity index (χ3v) is 11.3. The molecule has 4 nitrogen and oxygen atoms in total. The quantitative estimate of drug-likeness (QED) is 0.188. The van der Waals surface area contributed by atoms with Gasteiger partial charge < -0.3 is 18.3 Å². The molecule has 0 fully saturated rings. The van der Waals surface area contributed by atoms with Crippen molar-refractivity contribution in [1.82, 2.24) is 9.13 Å². The molecule has 4 heteroatoms. The lowest BCUT2D eigenvalue weighted by molar-refractivity contribution is 0.269. The van der Waals surface area contributed by atoms with Crippen LogP contribution in [0.3, 0.4) is 0 Å². The Bertz CT molecular complexity index is 3120. The summed E-state index contributed by atoms with van der Waals surface area (Å²) in [5, 5.41) is 7.18. The Hall–Kier alpha value is -6.78. The van der Waals surface area contributed by atoms with Crippen LogP contribution in [0.5, 0.6) is 5.75 Å². The first-order valence-electron chi connectivity index (χ1n) is 17.9. The van der Waals surface area contributed by atoms with Gasteiger partial charge in [-0.2, -0.15) is 0 Å². The van der Waals surface area contributed by atoms with E-state index in [0.29, 0.717) is 0 Å². The number of hydrogen-bond acceptors (Lipinski definition) is 2. The lowest BCUT2D eigenvalue weighted by Crippen LogP contribution is -2.18. The third-order valence-electron chi connectivity index (χ3n) is 11.3. The van der Waals surface area contributed by atoms with Crippen LogP contribution in [0, 0.1) is 0 Å². The molecule has 52 heavy (non-hydrogen) atoms. The van der Waals surface area contributed by atoms with Crippen LogP contribution in [-0.4, -0.2) is 15.2 Å². The number of rotatable bonds is 3. The summed E-state index contributed by atoms with van der Waals surface area (Å²) in [6.45, 7) is 0. The lowest BCUT2D eigenvalue weighted by atomic mass is 9.90. The largest absolute Gasteiger partial charge is 0.481 e. The van der Waals surface area contributed by atoms with Crippen molar-refractivity contribution in [1.29, 1.82) is 0 Å². The van der Waals surface area contributed by atoms with E-state index in [0.717, 1.165) is 44.6 Å². The van der Waals surface area contributed by atoms with Gasteiger partial charge in [-0.15, -0.1) is 0 Å². The van der Waals surface area contributed by atoms with Crippen LogP contribution >= 0.6 is 0 Å². The second-order valence-electron chi connectivity index (χ2n) is 14.0. The number of benzene rings is 7. The zero-order chi connectivity index (χ0) is 33.9. The van der Waals surface area contributed by atoms with Crippen LogP contribution < -0.4 is 4.74 Å². The summed E-state index contributed by atoms with van der Waals surface area (Å²) in [7, 11) is 0. The number of aromatic nitrogens is 2. The van der Waals surface area contributed by atoms with E-state index in [4.69, 9.17) is 9.15 Å². The van der Waals surface area contributed by atoms with Crippen molar-refractivity contribution >= 4 is 71.2 Å². The summed E-state index contributed by atoms with van der Waals surface area (Å²) in [6.07, 6.45) is 6.71. The van der Waals surface area contributed by atoms with Gasteiger partial charge in [0.1, 0.15) is 11.7 Å². The molecular weight excluding hydrogens is 637 g/mol. The molecule has 3 aromatic heterocycles. The highest BCUT2D eigenvalue weighted by Gasteiger charge is 2.36. The summed E-state index contributed by atoms with van der Waals surface area (Å²) in [5.74, 6) is 0.942. The normalized spacial score (nSPS) is 16.7. The SMILES string of the molecule is C1=CC2Oc3c(ccc4c3oc3ccc(-c5ccc6c(c5)c5ccccc5n6-c5ccccc5)cc34)C2C=C1n1c2ccccc2c2ccccc21. The highest BCUT2D eigenvalue weighted by molar-refractivity contribution is 6.13. The average Bonchev–Trinajstić information content (AvgIpc) is 3.95. The van der Waals surface area contributed by atoms with Gasteiger partial charge in [0.25, 0.3) is 0 Å². The van der Waals surface area contributed by atoms with E-state index in [1.54, 1.807) is 0 Å². The maximum Gasteiger partial charge on any atom is 0.177 e. The maximum absolute atomic E-state index is 6.70. The summed E-state index contributed by atoms with van der Waals surface area (Å²) in [5.41, 5.74) is 12.3. The van der Waals surface area contributed by atoms with Gasteiger partial charge in [-0.25, -0.2) is 0 Å². The number of hydrogen-bond donors (Lipinski definition) is 0. The molecule has 0 saturated carbocycles. The molecule has 1 aliphatic carbocycles. The van der Waals surface area contributed by atoms with Crippen LogP contribution in [0.4, 0.5) is 0 Å². The molecule has 10 aromatic rings. The Labute approximate surface area is 298 Å². The van der Waals surface area contributed by atoms with Crippen LogP contribution in [0.25, 0.3) is 88.1 Å². The molecule has 7 aromatic carbocycles. The van der Waals surface area contributed by atoms with E-state index in [1.165, 1.54) is 54.7 Å². The minimum Gasteiger partial charge on any atom is -0.481 e. The van der Waals surface area contributed by atoms with E-state index in [1.807, 2.05) is 0 Å². The Morgan fingerprint density at radius 1 is 0.481 bits per heavy atom. The van der Waals surface area contributed by atoms with Crippen molar-refractivity contribution in [3.63, 3.8) is 0 Å². The number of para-hydroxylation sites is 4. The van der Waals surface area contributed by atoms with Crippen molar-refractivity contribution < 1.29 is 9.15 Å². The second-order valence-corrected chi connectivity index (χ2v) is 14.0. The second kappa shape index (κ2) is 10.4. The van der Waals surface area contributed by atoms with E-state index < -0.39 is 0 Å². The standard InChI is InChI=1S/C48H30N2O2/c1-2-10-31(11-3-1)49-43-17-9-6-14-35(43)38-26-29(18-23-44(38)49)30-19-24-45-39(27-30)36-21-22-37-40-28-32(20-25-46(40)52-48(37)47(36)51-45)50-41-15-7-4-12-33(41)34-13-5-8-16-42(34)50/h1-28,40,46H. The number of allylic oxidation sites excluding steroid dienone is 2. The van der Waals surface area contributed by atoms with Gasteiger partial charge in [0.2, 0.25) is 0 Å². The summed E-state index contributed by atoms with van der Waals surface area (Å²) >= 11 is 0. The van der Waals surface area contributed by atoms with E-state index >= 15 is 0 Å². The molecular formula is C48H30N2O2. The molecule has 0 spiro atoms. The Morgan fingerprint density at radius 2 is 1.10 bits per heavy atom. The molecule has 0 N–H and O–H groups in total. The molecule has 2 unspecified atom stereocenters. The highest BCUT2D eigenvalue weighted by atomic mass is 16.5. The molecule has 0 amide bonds. The van der Waals surface area contributed by atoms with Gasteiger partial charge in [-0.1, -0.05) is 91.0 Å². The fourth-order valence-electron chi connectivity index (χ4n) is 8.91. The molecule has 12 rings (SSSR count). The predicted octanol–water partition coefficient (Wildman–Crippen LogP) is 12.4. The van der Waals surface area contributed by atoms with Crippen LogP contribution in [0.2, 0.25) is 0 Å². The van der Waals surface area contributed by atoms with Gasteiger partial charge in [0.05, 0.1) is 22.1 Å². The minimum absolute atomic E-state index is 0.0778. The molecule has 2 atom stereocenters. The fourth-order valence-corrected chi connectivity index (χ4v) is 8.91. The summed E-state index contributed by atoms with van der Waals surface area (Å²) < 4.78 is 18.0. The van der Waals surface area contributed by atoms with Gasteiger partial charge in [0, 0.05) is 55.2 Å². The first kappa shape index (κ1) is 28.0. The lowest BCUT2D eigenvalue weighted by Gasteiger charge is -2.20. The Kier molecular flexibility index (Phi) is 5.58. The van der Waals surface area contributed by atoms with E-state index in [-0.39, 0.29) is 12.0 Å². The van der Waals surface area contributed by atoms with Crippen molar-refractivity contribution in [2.45, 2.75) is 12.0 Å². The fraction of sp³-hybridized carbons (Fsp3) is 0.0417. The monoisotopic (exact) mass is 666 g/mol. The Balaban J connectivity index is 0.964. The van der Waals surface area contributed by atoms with Crippen LogP contribution in [-0.2, 0) is 0 Å². The number of ether oxygens (including phenoxy) is 1. The van der Waals surface area contributed by atoms with Crippen molar-refractivity contribution in [3.05, 3.63) is 175 Å². The molecule has 0 saturated heterocycles. The summed E-state index contributed by atoms with van der Waals surface area (Å²) in [4.78, 5) is 0. The zero-order valence-electron chi connectivity index (χ0n) is 28.0. The van der Waals surface area contributed by atoms with Gasteiger partial charge >= 0.3 is 0 Å². The van der Waals surface area contributed by atoms with E-state index in [2.05, 4.69) is 179 Å². The topological polar surface area (TPSA) is 32.2 Å². The smallest absolute Gasteiger partial charge is 0.177 e. The zero-order valence-corrected chi connectivity index (χ0v) is 28.0. The molecule has 2 aliphatic rings. The number of nitrogens with zero attached hydrogens (tertiary/aromatic N) is 2. The minimum atomic E-state index is -0.0778. The first-order valence-corrected chi connectivity index (χ1v) is 17.9. The molecule has 244 valence electrons. The molecule has 0 radical (unpaired) electrons. The van der Waals surface area contributed by atoms with Crippen molar-refractivity contribution in [3.8, 4) is 22.6 Å². The van der Waals surface area contributed by atoms with Crippen molar-refractivity contribution in [2.24, 2.45) is 0 Å². The highest BCUT2D eigenvalue weighted by Crippen LogP contribution is 2.49. The van der Waals surface area contributed by atoms with Crippen molar-refractivity contribution in [2.75, 3.05) is 0 Å². The molecule has 0 bridgehead atoms. The third kappa shape index (κ3) is 3.81. The van der Waals surface area contributed by atoms with Gasteiger partial charge in [-0.3, -0.25) is 0 Å². The van der Waals surface area contributed by atoms with E-state index in [9.17, 15) is 0 Å². The Morgan fingerprint density at radius 3 is 1.85 bits per heavy atom. The summed E-state index contributed by atoms with van der Waals surface area (Å²) in [6, 6.07) is 54.4. The number of furan rings is 1. The van der Waals surface area contributed by atoms with Crippen LogP contribution in [0.15, 0.2) is 174 Å². The average molecular weight is 667 g/mol. The van der Waals surface area contributed by atoms with Crippen LogP contribution in [0.1, 0.15) is 11.5 Å². The maximum atomic E-state index is 6.70. The molecule has 1 aliphatic heterocycles. The molecule has 4 heterocycles. The van der Waals surface area contributed by atoms with Gasteiger partial charge in [0.15, 0.2) is 11.3 Å². The predicted molar refractivity (Wildman–Crippen MR) is 214 cm³/mol. The number of fused-ring (bicyclic) bond motifs is 13.